The number of ether oxygens (including phenoxy) is 2. The Morgan fingerprint density at radius 1 is 0.554 bits per heavy atom. The fraction of sp³-hybridized carbons (Fsp3) is 0.696. The number of carbonyl (C=O) groups is 2. The van der Waals surface area contributed by atoms with Crippen molar-refractivity contribution in [1.82, 2.24) is 0 Å². The van der Waals surface area contributed by atoms with Gasteiger partial charge in [-0.25, -0.2) is 4.57 Å². The zero-order valence-electron chi connectivity index (χ0n) is 35.3. The van der Waals surface area contributed by atoms with Crippen molar-refractivity contribution in [2.24, 2.45) is 5.73 Å². The first-order valence-corrected chi connectivity index (χ1v) is 23.4. The zero-order chi connectivity index (χ0) is 41.1. The number of esters is 2. The first-order chi connectivity index (χ1) is 27.3. The van der Waals surface area contributed by atoms with Gasteiger partial charge in [0.05, 0.1) is 13.2 Å². The Morgan fingerprint density at radius 2 is 0.982 bits per heavy atom. The predicted octanol–water partition coefficient (Wildman–Crippen LogP) is 12.7. The highest BCUT2D eigenvalue weighted by Gasteiger charge is 2.26. The summed E-state index contributed by atoms with van der Waals surface area (Å²) in [4.78, 5) is 34.9. The molecule has 322 valence electrons. The van der Waals surface area contributed by atoms with Gasteiger partial charge in [-0.1, -0.05) is 151 Å². The first-order valence-electron chi connectivity index (χ1n) is 21.9. The van der Waals surface area contributed by atoms with Gasteiger partial charge in [-0.2, -0.15) is 0 Å². The van der Waals surface area contributed by atoms with E-state index in [1.165, 1.54) is 38.5 Å². The maximum absolute atomic E-state index is 12.6. The number of nitrogens with two attached hydrogens (primary N) is 1. The smallest absolute Gasteiger partial charge is 0.462 e. The second kappa shape index (κ2) is 42.1. The molecule has 2 atom stereocenters. The number of hydrogen-bond acceptors (Lipinski definition) is 8. The molecule has 0 saturated carbocycles. The van der Waals surface area contributed by atoms with Crippen LogP contribution < -0.4 is 5.73 Å². The van der Waals surface area contributed by atoms with Crippen molar-refractivity contribution < 1.29 is 37.6 Å². The van der Waals surface area contributed by atoms with Crippen LogP contribution in [0.4, 0.5) is 0 Å². The van der Waals surface area contributed by atoms with E-state index < -0.39 is 32.5 Å². The second-order valence-electron chi connectivity index (χ2n) is 14.2. The monoisotopic (exact) mass is 806 g/mol. The summed E-state index contributed by atoms with van der Waals surface area (Å²) in [5.74, 6) is -0.866. The van der Waals surface area contributed by atoms with E-state index in [1.54, 1.807) is 0 Å². The number of phosphoric acid groups is 1. The van der Waals surface area contributed by atoms with Crippen LogP contribution in [0, 0.1) is 0 Å². The standard InChI is InChI=1S/C46H80NO8P/c1-3-5-7-9-11-13-15-17-19-20-21-22-23-24-25-27-29-31-33-35-37-39-46(49)55-44(43-54-56(50,51)53-41-40-47)42-52-45(48)38-36-34-32-30-28-26-18-16-14-12-10-8-6-4-2/h5,7,11,13,16-19,21-22,24-25,44H,3-4,6,8-10,12,14-15,20,23,26-43,47H2,1-2H3,(H,50,51)/b7-5-,13-11-,18-16-,19-17-,22-21-,25-24-. The molecule has 0 radical (unpaired) electrons. The van der Waals surface area contributed by atoms with Crippen LogP contribution >= 0.6 is 7.82 Å². The lowest BCUT2D eigenvalue weighted by atomic mass is 10.1. The van der Waals surface area contributed by atoms with Gasteiger partial charge < -0.3 is 20.1 Å². The van der Waals surface area contributed by atoms with Gasteiger partial charge >= 0.3 is 19.8 Å². The van der Waals surface area contributed by atoms with E-state index in [1.807, 2.05) is 0 Å². The van der Waals surface area contributed by atoms with Gasteiger partial charge in [-0.3, -0.25) is 18.6 Å². The zero-order valence-corrected chi connectivity index (χ0v) is 36.2. The average molecular weight is 806 g/mol. The Morgan fingerprint density at radius 3 is 1.48 bits per heavy atom. The van der Waals surface area contributed by atoms with Gasteiger partial charge in [-0.05, 0) is 83.5 Å². The van der Waals surface area contributed by atoms with Crippen molar-refractivity contribution in [2.45, 2.75) is 180 Å². The molecular weight excluding hydrogens is 725 g/mol. The molecule has 0 spiro atoms. The summed E-state index contributed by atoms with van der Waals surface area (Å²) in [6, 6.07) is 0. The normalized spacial score (nSPS) is 14.0. The predicted molar refractivity (Wildman–Crippen MR) is 233 cm³/mol. The molecule has 0 aliphatic rings. The van der Waals surface area contributed by atoms with Crippen LogP contribution in [0.5, 0.6) is 0 Å². The van der Waals surface area contributed by atoms with E-state index in [0.717, 1.165) is 96.3 Å². The van der Waals surface area contributed by atoms with Crippen molar-refractivity contribution in [1.29, 1.82) is 0 Å². The molecule has 2 unspecified atom stereocenters. The third-order valence-corrected chi connectivity index (χ3v) is 9.81. The molecule has 0 amide bonds. The molecule has 0 saturated heterocycles. The van der Waals surface area contributed by atoms with E-state index in [2.05, 4.69) is 86.8 Å². The highest BCUT2D eigenvalue weighted by atomic mass is 31.2. The van der Waals surface area contributed by atoms with Gasteiger partial charge in [0.25, 0.3) is 0 Å². The Hall–Kier alpha value is -2.55. The molecule has 0 bridgehead atoms. The fourth-order valence-corrected chi connectivity index (χ4v) is 6.36. The van der Waals surface area contributed by atoms with Crippen LogP contribution in [-0.2, 0) is 32.7 Å². The summed E-state index contributed by atoms with van der Waals surface area (Å²) >= 11 is 0. The second-order valence-corrected chi connectivity index (χ2v) is 15.6. The molecule has 0 aromatic rings. The van der Waals surface area contributed by atoms with Gasteiger partial charge in [0.1, 0.15) is 6.61 Å². The number of carbonyl (C=O) groups excluding carboxylic acids is 2. The van der Waals surface area contributed by atoms with E-state index >= 15 is 0 Å². The Bertz CT molecular complexity index is 1150. The SMILES string of the molecule is CC/C=C\C/C=C\C/C=C\C/C=C\C/C=C\CCCCCCCC(=O)OC(COC(=O)CCCCCCC/C=C\CCCCCCC)COP(=O)(O)OCCN. The molecule has 0 fully saturated rings. The van der Waals surface area contributed by atoms with Crippen molar-refractivity contribution in [3.05, 3.63) is 72.9 Å². The van der Waals surface area contributed by atoms with Gasteiger partial charge in [0.15, 0.2) is 6.10 Å². The van der Waals surface area contributed by atoms with Crippen LogP contribution in [0.1, 0.15) is 174 Å². The number of rotatable bonds is 40. The minimum Gasteiger partial charge on any atom is -0.462 e. The minimum atomic E-state index is -4.39. The first kappa shape index (κ1) is 53.5. The number of hydrogen-bond donors (Lipinski definition) is 2. The summed E-state index contributed by atoms with van der Waals surface area (Å²) in [6.45, 7) is 3.56. The van der Waals surface area contributed by atoms with Crippen LogP contribution in [-0.4, -0.2) is 49.3 Å². The van der Waals surface area contributed by atoms with E-state index in [0.29, 0.717) is 12.8 Å². The minimum absolute atomic E-state index is 0.0453. The molecular formula is C46H80NO8P. The van der Waals surface area contributed by atoms with Gasteiger partial charge in [0.2, 0.25) is 0 Å². The molecule has 56 heavy (non-hydrogen) atoms. The van der Waals surface area contributed by atoms with Crippen molar-refractivity contribution >= 4 is 19.8 Å². The summed E-state index contributed by atoms with van der Waals surface area (Å²) in [6.07, 6.45) is 50.7. The van der Waals surface area contributed by atoms with Crippen LogP contribution in [0.3, 0.4) is 0 Å². The van der Waals surface area contributed by atoms with Gasteiger partial charge in [0, 0.05) is 19.4 Å². The Kier molecular flexibility index (Phi) is 40.2. The van der Waals surface area contributed by atoms with Gasteiger partial charge in [-0.15, -0.1) is 0 Å². The van der Waals surface area contributed by atoms with Crippen molar-refractivity contribution in [3.8, 4) is 0 Å². The third kappa shape index (κ3) is 41.1. The number of allylic oxidation sites excluding steroid dienone is 12. The highest BCUT2D eigenvalue weighted by Crippen LogP contribution is 2.43. The molecule has 0 aliphatic carbocycles. The summed E-state index contributed by atoms with van der Waals surface area (Å²) in [5.41, 5.74) is 5.35. The lowest BCUT2D eigenvalue weighted by Gasteiger charge is -2.19. The van der Waals surface area contributed by atoms with Crippen LogP contribution in [0.25, 0.3) is 0 Å². The average Bonchev–Trinajstić information content (AvgIpc) is 3.18. The molecule has 0 rings (SSSR count). The van der Waals surface area contributed by atoms with E-state index in [-0.39, 0.29) is 32.6 Å². The quantitative estimate of drug-likeness (QED) is 0.0268. The lowest BCUT2D eigenvalue weighted by molar-refractivity contribution is -0.161. The molecule has 0 heterocycles. The fourth-order valence-electron chi connectivity index (χ4n) is 5.60. The molecule has 10 heteroatoms. The molecule has 9 nitrogen and oxygen atoms in total. The maximum atomic E-state index is 12.6. The molecule has 3 N–H and O–H groups in total. The Balaban J connectivity index is 4.21. The maximum Gasteiger partial charge on any atom is 0.472 e. The lowest BCUT2D eigenvalue weighted by Crippen LogP contribution is -2.29. The van der Waals surface area contributed by atoms with E-state index in [9.17, 15) is 19.0 Å². The van der Waals surface area contributed by atoms with Crippen molar-refractivity contribution in [2.75, 3.05) is 26.4 Å². The molecule has 0 aromatic heterocycles. The highest BCUT2D eigenvalue weighted by molar-refractivity contribution is 7.47. The topological polar surface area (TPSA) is 134 Å². The summed E-state index contributed by atoms with van der Waals surface area (Å²) in [7, 11) is -4.39. The van der Waals surface area contributed by atoms with Crippen LogP contribution in [0.2, 0.25) is 0 Å². The number of phosphoric ester groups is 1. The van der Waals surface area contributed by atoms with Crippen LogP contribution in [0.15, 0.2) is 72.9 Å². The molecule has 0 aromatic carbocycles. The summed E-state index contributed by atoms with van der Waals surface area (Å²) in [5, 5.41) is 0. The van der Waals surface area contributed by atoms with Crippen molar-refractivity contribution in [3.63, 3.8) is 0 Å². The third-order valence-electron chi connectivity index (χ3n) is 8.83. The van der Waals surface area contributed by atoms with E-state index in [4.69, 9.17) is 24.3 Å². The largest absolute Gasteiger partial charge is 0.472 e. The summed E-state index contributed by atoms with van der Waals surface area (Å²) < 4.78 is 32.8. The molecule has 0 aliphatic heterocycles. The number of unbranched alkanes of at least 4 members (excludes halogenated alkanes) is 15. The Labute approximate surface area is 341 Å².